The summed E-state index contributed by atoms with van der Waals surface area (Å²) in [5, 5.41) is 3.73. The number of rotatable bonds is 6. The second-order valence-electron chi connectivity index (χ2n) is 6.67. The van der Waals surface area contributed by atoms with Crippen molar-refractivity contribution >= 4 is 0 Å². The lowest BCUT2D eigenvalue weighted by Crippen LogP contribution is -2.52. The Labute approximate surface area is 117 Å². The van der Waals surface area contributed by atoms with E-state index in [9.17, 15) is 0 Å². The van der Waals surface area contributed by atoms with E-state index in [1.807, 2.05) is 0 Å². The minimum absolute atomic E-state index is 0.386. The summed E-state index contributed by atoms with van der Waals surface area (Å²) in [6, 6.07) is 0.814. The first kappa shape index (κ1) is 13.8. The quantitative estimate of drug-likeness (QED) is 0.770. The summed E-state index contributed by atoms with van der Waals surface area (Å²) in [6.07, 6.45) is 4.00. The molecule has 1 N–H and O–H groups in total. The topological polar surface area (TPSA) is 27.7 Å². The van der Waals surface area contributed by atoms with Crippen LogP contribution in [0.15, 0.2) is 0 Å². The summed E-state index contributed by atoms with van der Waals surface area (Å²) in [4.78, 5) is 5.21. The second-order valence-corrected chi connectivity index (χ2v) is 6.67. The molecular weight excluding hydrogens is 238 g/mol. The lowest BCUT2D eigenvalue weighted by molar-refractivity contribution is 0.0727. The molecule has 4 heteroatoms. The molecule has 4 nitrogen and oxygen atoms in total. The Kier molecular flexibility index (Phi) is 4.42. The van der Waals surface area contributed by atoms with Crippen molar-refractivity contribution < 1.29 is 4.74 Å². The molecular formula is C15H29N3O. The van der Waals surface area contributed by atoms with Crippen LogP contribution >= 0.6 is 0 Å². The molecule has 3 rings (SSSR count). The van der Waals surface area contributed by atoms with E-state index in [1.54, 1.807) is 0 Å². The van der Waals surface area contributed by atoms with Gasteiger partial charge in [0.05, 0.1) is 6.61 Å². The summed E-state index contributed by atoms with van der Waals surface area (Å²) in [5.41, 5.74) is 0.386. The molecule has 1 atom stereocenters. The fraction of sp³-hybridized carbons (Fsp3) is 1.00. The van der Waals surface area contributed by atoms with Gasteiger partial charge in [-0.3, -0.25) is 0 Å². The Morgan fingerprint density at radius 2 is 1.89 bits per heavy atom. The monoisotopic (exact) mass is 267 g/mol. The third kappa shape index (κ3) is 3.69. The molecule has 0 amide bonds. The highest BCUT2D eigenvalue weighted by atomic mass is 16.5. The van der Waals surface area contributed by atoms with E-state index in [2.05, 4.69) is 22.0 Å². The number of hydrogen-bond donors (Lipinski definition) is 1. The molecule has 2 saturated heterocycles. The minimum atomic E-state index is 0.386. The van der Waals surface area contributed by atoms with Crippen LogP contribution in [-0.2, 0) is 4.74 Å². The smallest absolute Gasteiger partial charge is 0.0547 e. The van der Waals surface area contributed by atoms with Crippen LogP contribution < -0.4 is 5.32 Å². The van der Waals surface area contributed by atoms with E-state index in [0.29, 0.717) is 5.41 Å². The lowest BCUT2D eigenvalue weighted by Gasteiger charge is -2.39. The first-order valence-corrected chi connectivity index (χ1v) is 8.05. The molecule has 19 heavy (non-hydrogen) atoms. The molecule has 0 spiro atoms. The Hall–Kier alpha value is -0.160. The molecule has 0 aromatic carbocycles. The fourth-order valence-electron chi connectivity index (χ4n) is 3.36. The van der Waals surface area contributed by atoms with Gasteiger partial charge >= 0.3 is 0 Å². The van der Waals surface area contributed by atoms with Crippen molar-refractivity contribution in [1.29, 1.82) is 0 Å². The van der Waals surface area contributed by atoms with Crippen LogP contribution in [-0.4, -0.2) is 74.9 Å². The van der Waals surface area contributed by atoms with Gasteiger partial charge < -0.3 is 19.9 Å². The van der Waals surface area contributed by atoms with Crippen molar-refractivity contribution in [2.45, 2.75) is 32.2 Å². The third-order valence-electron chi connectivity index (χ3n) is 5.00. The average molecular weight is 267 g/mol. The van der Waals surface area contributed by atoms with Gasteiger partial charge in [0.25, 0.3) is 0 Å². The van der Waals surface area contributed by atoms with Gasteiger partial charge in [0.2, 0.25) is 0 Å². The molecule has 2 aliphatic heterocycles. The maximum Gasteiger partial charge on any atom is 0.0547 e. The number of likely N-dealkylation sites (N-methyl/N-ethyl adjacent to an activating group) is 1. The van der Waals surface area contributed by atoms with Crippen molar-refractivity contribution in [1.82, 2.24) is 15.1 Å². The Balaban J connectivity index is 1.49. The Morgan fingerprint density at radius 3 is 2.47 bits per heavy atom. The normalized spacial score (nSPS) is 33.9. The molecule has 3 fully saturated rings. The number of nitrogens with one attached hydrogen (secondary N) is 1. The van der Waals surface area contributed by atoms with E-state index in [-0.39, 0.29) is 0 Å². The standard InChI is InChI=1S/C15H29N3O/c1-2-17-6-8-18(9-7-17)12-15(5-10-19-13-15)11-16-14-3-4-14/h14,16H,2-13H2,1H3. The first-order chi connectivity index (χ1) is 9.30. The highest BCUT2D eigenvalue weighted by Crippen LogP contribution is 2.31. The van der Waals surface area contributed by atoms with Crippen LogP contribution in [0.3, 0.4) is 0 Å². The van der Waals surface area contributed by atoms with Gasteiger partial charge in [0.1, 0.15) is 0 Å². The van der Waals surface area contributed by atoms with Crippen molar-refractivity contribution in [3.63, 3.8) is 0 Å². The molecule has 3 aliphatic rings. The number of nitrogens with zero attached hydrogens (tertiary/aromatic N) is 2. The van der Waals surface area contributed by atoms with E-state index in [4.69, 9.17) is 4.74 Å². The van der Waals surface area contributed by atoms with Crippen LogP contribution in [0, 0.1) is 5.41 Å². The third-order valence-corrected chi connectivity index (χ3v) is 5.00. The minimum Gasteiger partial charge on any atom is -0.381 e. The van der Waals surface area contributed by atoms with Crippen LogP contribution in [0.25, 0.3) is 0 Å². The zero-order valence-corrected chi connectivity index (χ0v) is 12.4. The maximum atomic E-state index is 5.72. The van der Waals surface area contributed by atoms with Crippen LogP contribution in [0.5, 0.6) is 0 Å². The van der Waals surface area contributed by atoms with E-state index >= 15 is 0 Å². The zero-order valence-electron chi connectivity index (χ0n) is 12.4. The maximum absolute atomic E-state index is 5.72. The summed E-state index contributed by atoms with van der Waals surface area (Å²) in [7, 11) is 0. The van der Waals surface area contributed by atoms with Gasteiger partial charge in [-0.25, -0.2) is 0 Å². The van der Waals surface area contributed by atoms with Crippen molar-refractivity contribution in [2.75, 3.05) is 59.0 Å². The van der Waals surface area contributed by atoms with Crippen molar-refractivity contribution in [3.05, 3.63) is 0 Å². The summed E-state index contributed by atoms with van der Waals surface area (Å²) in [6.45, 7) is 12.7. The largest absolute Gasteiger partial charge is 0.381 e. The highest BCUT2D eigenvalue weighted by Gasteiger charge is 2.38. The molecule has 0 aromatic heterocycles. The predicted octanol–water partition coefficient (Wildman–Crippen LogP) is 0.783. The molecule has 1 saturated carbocycles. The van der Waals surface area contributed by atoms with E-state index < -0.39 is 0 Å². The van der Waals surface area contributed by atoms with Gasteiger partial charge in [-0.15, -0.1) is 0 Å². The van der Waals surface area contributed by atoms with Crippen LogP contribution in [0.4, 0.5) is 0 Å². The summed E-state index contributed by atoms with van der Waals surface area (Å²) < 4.78 is 5.72. The van der Waals surface area contributed by atoms with Crippen LogP contribution in [0.1, 0.15) is 26.2 Å². The van der Waals surface area contributed by atoms with Gasteiger partial charge in [-0.1, -0.05) is 6.92 Å². The molecule has 2 heterocycles. The molecule has 0 aromatic rings. The lowest BCUT2D eigenvalue weighted by atomic mass is 9.86. The SMILES string of the molecule is CCN1CCN(CC2(CNC3CC3)CCOC2)CC1. The summed E-state index contributed by atoms with van der Waals surface area (Å²) >= 11 is 0. The molecule has 1 unspecified atom stereocenters. The number of ether oxygens (including phenoxy) is 1. The van der Waals surface area contributed by atoms with Gasteiger partial charge in [-0.2, -0.15) is 0 Å². The fourth-order valence-corrected chi connectivity index (χ4v) is 3.36. The highest BCUT2D eigenvalue weighted by molar-refractivity contribution is 4.92. The molecule has 110 valence electrons. The van der Waals surface area contributed by atoms with E-state index in [1.165, 1.54) is 58.5 Å². The van der Waals surface area contributed by atoms with E-state index in [0.717, 1.165) is 25.8 Å². The molecule has 1 aliphatic carbocycles. The zero-order chi connectivity index (χ0) is 13.1. The Bertz CT molecular complexity index is 279. The van der Waals surface area contributed by atoms with Gasteiger partial charge in [0, 0.05) is 57.3 Å². The molecule has 0 radical (unpaired) electrons. The number of piperazine rings is 1. The second kappa shape index (κ2) is 6.08. The summed E-state index contributed by atoms with van der Waals surface area (Å²) in [5.74, 6) is 0. The average Bonchev–Trinajstić information content (AvgIpc) is 3.17. The van der Waals surface area contributed by atoms with Crippen molar-refractivity contribution in [2.24, 2.45) is 5.41 Å². The van der Waals surface area contributed by atoms with Crippen molar-refractivity contribution in [3.8, 4) is 0 Å². The predicted molar refractivity (Wildman–Crippen MR) is 77.4 cm³/mol. The van der Waals surface area contributed by atoms with Gasteiger partial charge in [-0.05, 0) is 25.8 Å². The van der Waals surface area contributed by atoms with Gasteiger partial charge in [0.15, 0.2) is 0 Å². The Morgan fingerprint density at radius 1 is 1.16 bits per heavy atom. The number of hydrogen-bond acceptors (Lipinski definition) is 4. The van der Waals surface area contributed by atoms with Crippen LogP contribution in [0.2, 0.25) is 0 Å². The first-order valence-electron chi connectivity index (χ1n) is 8.05. The molecule has 0 bridgehead atoms.